The van der Waals surface area contributed by atoms with E-state index in [1.165, 1.54) is 0 Å². The Labute approximate surface area is 142 Å². The summed E-state index contributed by atoms with van der Waals surface area (Å²) in [7, 11) is 0. The first-order valence-electron chi connectivity index (χ1n) is 8.33. The lowest BCUT2D eigenvalue weighted by atomic mass is 9.79. The number of hydrogen-bond donors (Lipinski definition) is 2. The minimum atomic E-state index is -0.481. The summed E-state index contributed by atoms with van der Waals surface area (Å²) in [4.78, 5) is 12.6. The molecule has 1 fully saturated rings. The van der Waals surface area contributed by atoms with Gasteiger partial charge >= 0.3 is 0 Å². The van der Waals surface area contributed by atoms with E-state index < -0.39 is 5.41 Å². The fourth-order valence-electron chi connectivity index (χ4n) is 3.07. The Balaban J connectivity index is 1.60. The van der Waals surface area contributed by atoms with E-state index >= 15 is 0 Å². The highest BCUT2D eigenvalue weighted by molar-refractivity contribution is 5.83. The van der Waals surface area contributed by atoms with Crippen LogP contribution in [0.2, 0.25) is 0 Å². The van der Waals surface area contributed by atoms with Gasteiger partial charge in [-0.3, -0.25) is 9.48 Å². The van der Waals surface area contributed by atoms with Gasteiger partial charge in [0.2, 0.25) is 5.91 Å². The third kappa shape index (κ3) is 3.83. The number of nitrogens with two attached hydrogens (primary N) is 1. The number of aromatic nitrogens is 2. The summed E-state index contributed by atoms with van der Waals surface area (Å²) in [6.45, 7) is 2.79. The van der Waals surface area contributed by atoms with Crippen LogP contribution < -0.4 is 11.1 Å². The summed E-state index contributed by atoms with van der Waals surface area (Å²) >= 11 is 0. The Morgan fingerprint density at radius 2 is 2.08 bits per heavy atom. The van der Waals surface area contributed by atoms with Crippen molar-refractivity contribution in [2.45, 2.75) is 25.9 Å². The van der Waals surface area contributed by atoms with Gasteiger partial charge in [-0.15, -0.1) is 0 Å². The molecule has 6 heteroatoms. The van der Waals surface area contributed by atoms with E-state index in [1.807, 2.05) is 29.1 Å². The molecule has 0 aliphatic carbocycles. The van der Waals surface area contributed by atoms with Crippen LogP contribution in [0.3, 0.4) is 0 Å². The molecule has 3 N–H and O–H groups in total. The first kappa shape index (κ1) is 16.7. The maximum Gasteiger partial charge on any atom is 0.227 e. The lowest BCUT2D eigenvalue weighted by molar-refractivity contribution is -0.136. The number of ether oxygens (including phenoxy) is 1. The topological polar surface area (TPSA) is 82.2 Å². The number of benzene rings is 1. The molecule has 1 saturated heterocycles. The summed E-state index contributed by atoms with van der Waals surface area (Å²) in [5.41, 5.74) is 7.63. The summed E-state index contributed by atoms with van der Waals surface area (Å²) in [5.74, 6) is 0.0331. The van der Waals surface area contributed by atoms with E-state index in [0.29, 0.717) is 39.1 Å². The van der Waals surface area contributed by atoms with Crippen molar-refractivity contribution in [3.63, 3.8) is 0 Å². The van der Waals surface area contributed by atoms with Gasteiger partial charge in [0, 0.05) is 38.7 Å². The molecular weight excluding hydrogens is 304 g/mol. The van der Waals surface area contributed by atoms with E-state index in [4.69, 9.17) is 10.5 Å². The molecule has 1 amide bonds. The monoisotopic (exact) mass is 328 g/mol. The molecule has 3 rings (SSSR count). The standard InChI is InChI=1S/C18H24N4O2/c19-14-18(5-9-24-10-6-18)17(23)20-12-15-3-1-4-16(11-15)13-22-8-2-7-21-22/h1-4,7-8,11H,5-6,9-10,12-14,19H2,(H,20,23). The van der Waals surface area contributed by atoms with Gasteiger partial charge in [0.1, 0.15) is 0 Å². The number of rotatable bonds is 6. The quantitative estimate of drug-likeness (QED) is 0.837. The normalized spacial score (nSPS) is 16.7. The van der Waals surface area contributed by atoms with Crippen molar-refractivity contribution in [1.29, 1.82) is 0 Å². The van der Waals surface area contributed by atoms with E-state index in [1.54, 1.807) is 6.20 Å². The summed E-state index contributed by atoms with van der Waals surface area (Å²) in [6.07, 6.45) is 5.08. The van der Waals surface area contributed by atoms with E-state index in [-0.39, 0.29) is 5.91 Å². The number of carbonyl (C=O) groups is 1. The molecule has 2 aromatic rings. The fourth-order valence-corrected chi connectivity index (χ4v) is 3.07. The van der Waals surface area contributed by atoms with Crippen LogP contribution in [0.5, 0.6) is 0 Å². The van der Waals surface area contributed by atoms with Gasteiger partial charge in [0.25, 0.3) is 0 Å². The number of hydrogen-bond acceptors (Lipinski definition) is 4. The van der Waals surface area contributed by atoms with Gasteiger partial charge in [-0.1, -0.05) is 24.3 Å². The van der Waals surface area contributed by atoms with Crippen molar-refractivity contribution in [2.75, 3.05) is 19.8 Å². The fraction of sp³-hybridized carbons (Fsp3) is 0.444. The SMILES string of the molecule is NCC1(C(=O)NCc2cccc(Cn3cccn3)c2)CCOCC1. The zero-order valence-electron chi connectivity index (χ0n) is 13.8. The smallest absolute Gasteiger partial charge is 0.227 e. The van der Waals surface area contributed by atoms with Gasteiger partial charge in [-0.2, -0.15) is 5.10 Å². The molecule has 1 aromatic heterocycles. The Kier molecular flexibility index (Phi) is 5.27. The van der Waals surface area contributed by atoms with Crippen molar-refractivity contribution >= 4 is 5.91 Å². The van der Waals surface area contributed by atoms with Crippen LogP contribution in [0.25, 0.3) is 0 Å². The second-order valence-electron chi connectivity index (χ2n) is 6.30. The predicted molar refractivity (Wildman–Crippen MR) is 91.2 cm³/mol. The van der Waals surface area contributed by atoms with Crippen LogP contribution in [-0.4, -0.2) is 35.4 Å². The van der Waals surface area contributed by atoms with Crippen molar-refractivity contribution < 1.29 is 9.53 Å². The maximum atomic E-state index is 12.6. The van der Waals surface area contributed by atoms with Crippen molar-refractivity contribution in [3.8, 4) is 0 Å². The zero-order valence-corrected chi connectivity index (χ0v) is 13.8. The predicted octanol–water partition coefficient (Wildman–Crippen LogP) is 1.30. The Morgan fingerprint density at radius 1 is 1.29 bits per heavy atom. The first-order valence-corrected chi connectivity index (χ1v) is 8.33. The number of nitrogens with one attached hydrogen (secondary N) is 1. The van der Waals surface area contributed by atoms with Gasteiger partial charge < -0.3 is 15.8 Å². The molecular formula is C18H24N4O2. The lowest BCUT2D eigenvalue weighted by Gasteiger charge is -2.34. The van der Waals surface area contributed by atoms with Crippen molar-refractivity contribution in [3.05, 3.63) is 53.9 Å². The molecule has 0 atom stereocenters. The highest BCUT2D eigenvalue weighted by Gasteiger charge is 2.38. The lowest BCUT2D eigenvalue weighted by Crippen LogP contribution is -2.48. The van der Waals surface area contributed by atoms with Gasteiger partial charge in [0.05, 0.1) is 12.0 Å². The molecule has 0 bridgehead atoms. The molecule has 0 radical (unpaired) electrons. The van der Waals surface area contributed by atoms with Crippen molar-refractivity contribution in [2.24, 2.45) is 11.1 Å². The third-order valence-electron chi connectivity index (χ3n) is 4.67. The molecule has 1 aliphatic rings. The summed E-state index contributed by atoms with van der Waals surface area (Å²) < 4.78 is 7.24. The Morgan fingerprint density at radius 3 is 2.79 bits per heavy atom. The molecule has 0 unspecified atom stereocenters. The van der Waals surface area contributed by atoms with Gasteiger partial charge in [-0.05, 0) is 30.0 Å². The van der Waals surface area contributed by atoms with Crippen LogP contribution in [0, 0.1) is 5.41 Å². The minimum Gasteiger partial charge on any atom is -0.381 e. The van der Waals surface area contributed by atoms with Gasteiger partial charge in [0.15, 0.2) is 0 Å². The van der Waals surface area contributed by atoms with Crippen LogP contribution in [-0.2, 0) is 22.6 Å². The molecule has 0 saturated carbocycles. The van der Waals surface area contributed by atoms with Gasteiger partial charge in [-0.25, -0.2) is 0 Å². The third-order valence-corrected chi connectivity index (χ3v) is 4.67. The highest BCUT2D eigenvalue weighted by Crippen LogP contribution is 2.29. The van der Waals surface area contributed by atoms with E-state index in [0.717, 1.165) is 17.7 Å². The molecule has 128 valence electrons. The zero-order chi connectivity index (χ0) is 16.8. The highest BCUT2D eigenvalue weighted by atomic mass is 16.5. The van der Waals surface area contributed by atoms with Crippen molar-refractivity contribution in [1.82, 2.24) is 15.1 Å². The van der Waals surface area contributed by atoms with Crippen LogP contribution in [0.1, 0.15) is 24.0 Å². The molecule has 24 heavy (non-hydrogen) atoms. The summed E-state index contributed by atoms with van der Waals surface area (Å²) in [5, 5.41) is 7.27. The Bertz CT molecular complexity index is 663. The average molecular weight is 328 g/mol. The van der Waals surface area contributed by atoms with Crippen LogP contribution >= 0.6 is 0 Å². The van der Waals surface area contributed by atoms with E-state index in [2.05, 4.69) is 22.5 Å². The first-order chi connectivity index (χ1) is 11.7. The molecule has 1 aliphatic heterocycles. The number of carbonyl (C=O) groups excluding carboxylic acids is 1. The van der Waals surface area contributed by atoms with E-state index in [9.17, 15) is 4.79 Å². The molecule has 2 heterocycles. The summed E-state index contributed by atoms with van der Waals surface area (Å²) in [6, 6.07) is 10.1. The average Bonchev–Trinajstić information content (AvgIpc) is 3.13. The minimum absolute atomic E-state index is 0.0331. The number of amides is 1. The maximum absolute atomic E-state index is 12.6. The second-order valence-corrected chi connectivity index (χ2v) is 6.30. The number of nitrogens with zero attached hydrogens (tertiary/aromatic N) is 2. The second kappa shape index (κ2) is 7.59. The molecule has 0 spiro atoms. The molecule has 1 aromatic carbocycles. The Hall–Kier alpha value is -2.18. The molecule has 6 nitrogen and oxygen atoms in total. The largest absolute Gasteiger partial charge is 0.381 e. The van der Waals surface area contributed by atoms with Crippen LogP contribution in [0.15, 0.2) is 42.7 Å². The van der Waals surface area contributed by atoms with Crippen LogP contribution in [0.4, 0.5) is 0 Å².